The molecule has 1 atom stereocenters. The lowest BCUT2D eigenvalue weighted by Gasteiger charge is -2.34. The van der Waals surface area contributed by atoms with E-state index < -0.39 is 17.7 Å². The predicted molar refractivity (Wildman–Crippen MR) is 168 cm³/mol. The van der Waals surface area contributed by atoms with E-state index in [9.17, 15) is 14.0 Å². The van der Waals surface area contributed by atoms with Gasteiger partial charge < -0.3 is 14.4 Å². The van der Waals surface area contributed by atoms with Crippen molar-refractivity contribution < 1.29 is 18.7 Å². The van der Waals surface area contributed by atoms with Crippen LogP contribution in [0.3, 0.4) is 0 Å². The van der Waals surface area contributed by atoms with Crippen LogP contribution in [0, 0.1) is 19.7 Å². The van der Waals surface area contributed by atoms with E-state index >= 15 is 0 Å². The number of fused-ring (bicyclic) bond motifs is 2. The molecule has 45 heavy (non-hydrogen) atoms. The minimum absolute atomic E-state index is 0.286. The van der Waals surface area contributed by atoms with E-state index in [2.05, 4.69) is 5.10 Å². The Bertz CT molecular complexity index is 1950. The molecular weight excluding hydrogens is 577 g/mol. The van der Waals surface area contributed by atoms with Gasteiger partial charge in [-0.15, -0.1) is 0 Å². The van der Waals surface area contributed by atoms with Crippen LogP contribution in [0.4, 0.5) is 9.18 Å². The monoisotopic (exact) mass is 615 g/mol. The zero-order chi connectivity index (χ0) is 32.2. The van der Waals surface area contributed by atoms with E-state index in [1.54, 1.807) is 70.4 Å². The second kappa shape index (κ2) is 11.3. The van der Waals surface area contributed by atoms with Crippen molar-refractivity contribution in [3.8, 4) is 17.2 Å². The molecule has 0 saturated carbocycles. The van der Waals surface area contributed by atoms with Crippen LogP contribution in [0.15, 0.2) is 53.7 Å². The number of rotatable bonds is 6. The van der Waals surface area contributed by atoms with Gasteiger partial charge in [-0.2, -0.15) is 10.2 Å². The van der Waals surface area contributed by atoms with Gasteiger partial charge in [0, 0.05) is 43.4 Å². The van der Waals surface area contributed by atoms with Gasteiger partial charge in [-0.3, -0.25) is 13.8 Å². The number of carbonyl (C=O) groups excluding carboxylic acids is 1. The first kappa shape index (κ1) is 30.3. The molecule has 1 unspecified atom stereocenters. The van der Waals surface area contributed by atoms with E-state index in [0.29, 0.717) is 54.4 Å². The van der Waals surface area contributed by atoms with Crippen molar-refractivity contribution in [3.63, 3.8) is 0 Å². The van der Waals surface area contributed by atoms with Gasteiger partial charge in [0.2, 0.25) is 0 Å². The number of ether oxygens (including phenoxy) is 2. The molecule has 236 valence electrons. The highest BCUT2D eigenvalue weighted by Crippen LogP contribution is 2.36. The second-order valence-electron chi connectivity index (χ2n) is 12.5. The van der Waals surface area contributed by atoms with Crippen molar-refractivity contribution in [1.82, 2.24) is 33.6 Å². The molecule has 0 bridgehead atoms. The summed E-state index contributed by atoms with van der Waals surface area (Å²) in [6.07, 6.45) is 5.22. The van der Waals surface area contributed by atoms with Crippen molar-refractivity contribution in [3.05, 3.63) is 87.6 Å². The van der Waals surface area contributed by atoms with E-state index in [4.69, 9.17) is 14.6 Å². The number of aryl methyl sites for hydroxylation is 2. The first-order valence-corrected chi connectivity index (χ1v) is 15.0. The normalized spacial score (nSPS) is 15.1. The summed E-state index contributed by atoms with van der Waals surface area (Å²) in [5.74, 6) is 0.208. The minimum atomic E-state index is -0.664. The SMILES string of the molecule is COCCn1ncc2cc(-n3ccn(-c4c5c(nn4-c4cc(C)c(F)c(C)c4)CCN(C(=O)OC(C)(C)C)C5C)c3=O)ccc21. The summed E-state index contributed by atoms with van der Waals surface area (Å²) in [6, 6.07) is 8.73. The number of benzene rings is 2. The lowest BCUT2D eigenvalue weighted by atomic mass is 10.00. The highest BCUT2D eigenvalue weighted by Gasteiger charge is 2.37. The number of amides is 1. The molecule has 11 nitrogen and oxygen atoms in total. The summed E-state index contributed by atoms with van der Waals surface area (Å²) in [7, 11) is 1.65. The van der Waals surface area contributed by atoms with Gasteiger partial charge >= 0.3 is 11.8 Å². The topological polar surface area (TPSA) is 101 Å². The van der Waals surface area contributed by atoms with E-state index in [1.807, 2.05) is 50.6 Å². The van der Waals surface area contributed by atoms with Gasteiger partial charge in [0.05, 0.1) is 48.0 Å². The van der Waals surface area contributed by atoms with E-state index in [1.165, 1.54) is 0 Å². The highest BCUT2D eigenvalue weighted by atomic mass is 19.1. The Morgan fingerprint density at radius 3 is 2.47 bits per heavy atom. The fourth-order valence-electron chi connectivity index (χ4n) is 6.00. The van der Waals surface area contributed by atoms with Gasteiger partial charge in [0.25, 0.3) is 0 Å². The summed E-state index contributed by atoms with van der Waals surface area (Å²) in [5.41, 5.74) is 3.70. The smallest absolute Gasteiger partial charge is 0.410 e. The summed E-state index contributed by atoms with van der Waals surface area (Å²) < 4.78 is 32.3. The molecule has 5 aromatic rings. The van der Waals surface area contributed by atoms with Crippen LogP contribution in [-0.2, 0) is 22.4 Å². The fourth-order valence-corrected chi connectivity index (χ4v) is 6.00. The number of imidazole rings is 1. The average molecular weight is 616 g/mol. The number of carbonyl (C=O) groups is 1. The van der Waals surface area contributed by atoms with Gasteiger partial charge in [-0.05, 0) is 83.0 Å². The Labute approximate surface area is 260 Å². The van der Waals surface area contributed by atoms with Gasteiger partial charge in [-0.25, -0.2) is 18.7 Å². The summed E-state index contributed by atoms with van der Waals surface area (Å²) in [6.45, 7) is 12.4. The molecule has 0 radical (unpaired) electrons. The molecule has 0 aliphatic carbocycles. The van der Waals surface area contributed by atoms with Crippen LogP contribution in [0.25, 0.3) is 28.1 Å². The first-order chi connectivity index (χ1) is 21.4. The maximum Gasteiger partial charge on any atom is 0.410 e. The number of nitrogens with zero attached hydrogens (tertiary/aromatic N) is 7. The molecule has 3 aromatic heterocycles. The number of halogens is 1. The van der Waals surface area contributed by atoms with Crippen molar-refractivity contribution in [2.75, 3.05) is 20.3 Å². The van der Waals surface area contributed by atoms with Gasteiger partial charge in [0.15, 0.2) is 0 Å². The Kier molecular flexibility index (Phi) is 7.64. The van der Waals surface area contributed by atoms with Crippen LogP contribution >= 0.6 is 0 Å². The van der Waals surface area contributed by atoms with Crippen LogP contribution in [0.2, 0.25) is 0 Å². The molecule has 2 aromatic carbocycles. The molecule has 1 amide bonds. The Morgan fingerprint density at radius 2 is 1.78 bits per heavy atom. The van der Waals surface area contributed by atoms with Crippen LogP contribution < -0.4 is 5.69 Å². The van der Waals surface area contributed by atoms with E-state index in [-0.39, 0.29) is 11.5 Å². The van der Waals surface area contributed by atoms with Crippen molar-refractivity contribution in [2.24, 2.45) is 0 Å². The fraction of sp³-hybridized carbons (Fsp3) is 0.394. The lowest BCUT2D eigenvalue weighted by Crippen LogP contribution is -2.42. The summed E-state index contributed by atoms with van der Waals surface area (Å²) >= 11 is 0. The maximum atomic E-state index is 14.7. The Balaban J connectivity index is 1.49. The third kappa shape index (κ3) is 5.43. The molecule has 4 heterocycles. The number of hydrogen-bond acceptors (Lipinski definition) is 6. The number of methoxy groups -OCH3 is 1. The summed E-state index contributed by atoms with van der Waals surface area (Å²) in [5, 5.41) is 10.3. The predicted octanol–water partition coefficient (Wildman–Crippen LogP) is 5.42. The molecule has 0 N–H and O–H groups in total. The van der Waals surface area contributed by atoms with Crippen LogP contribution in [0.5, 0.6) is 0 Å². The molecule has 12 heteroatoms. The zero-order valence-corrected chi connectivity index (χ0v) is 26.7. The zero-order valence-electron chi connectivity index (χ0n) is 26.7. The molecule has 1 aliphatic rings. The molecule has 6 rings (SSSR count). The van der Waals surface area contributed by atoms with Crippen LogP contribution in [-0.4, -0.2) is 65.6 Å². The van der Waals surface area contributed by atoms with Crippen molar-refractivity contribution >= 4 is 17.0 Å². The molecule has 0 spiro atoms. The minimum Gasteiger partial charge on any atom is -0.444 e. The van der Waals surface area contributed by atoms with Gasteiger partial charge in [0.1, 0.15) is 17.2 Å². The Morgan fingerprint density at radius 1 is 1.07 bits per heavy atom. The highest BCUT2D eigenvalue weighted by molar-refractivity contribution is 5.81. The standard InChI is InChI=1S/C33H38FN7O4/c1-20-16-25(17-21(2)29(20)34)41-30(28-22(3)37(11-10-26(28)36-41)32(43)45-33(4,5)6)39-13-12-38(31(39)42)24-8-9-27-23(18-24)19-35-40(27)14-15-44-7/h8-9,12-13,16-19,22H,10-11,14-15H2,1-7H3. The largest absolute Gasteiger partial charge is 0.444 e. The molecule has 0 saturated heterocycles. The lowest BCUT2D eigenvalue weighted by molar-refractivity contribution is 0.0159. The quantitative estimate of drug-likeness (QED) is 0.253. The number of hydrogen-bond donors (Lipinski definition) is 0. The van der Waals surface area contributed by atoms with Crippen LogP contribution in [0.1, 0.15) is 56.1 Å². The second-order valence-corrected chi connectivity index (χ2v) is 12.5. The molecular formula is C33H38FN7O4. The average Bonchev–Trinajstić information content (AvgIpc) is 3.68. The molecule has 1 aliphatic heterocycles. The van der Waals surface area contributed by atoms with Crippen molar-refractivity contribution in [2.45, 2.75) is 66.2 Å². The maximum absolute atomic E-state index is 14.7. The van der Waals surface area contributed by atoms with E-state index in [0.717, 1.165) is 22.2 Å². The first-order valence-electron chi connectivity index (χ1n) is 15.0. The Hall–Kier alpha value is -4.71. The third-order valence-electron chi connectivity index (χ3n) is 8.16. The number of aromatic nitrogens is 6. The third-order valence-corrected chi connectivity index (χ3v) is 8.16. The van der Waals surface area contributed by atoms with Crippen molar-refractivity contribution in [1.29, 1.82) is 0 Å². The summed E-state index contributed by atoms with van der Waals surface area (Å²) in [4.78, 5) is 29.1. The van der Waals surface area contributed by atoms with Gasteiger partial charge in [-0.1, -0.05) is 0 Å². The molecule has 0 fully saturated rings.